The number of hydrogen-bond acceptors (Lipinski definition) is 4. The highest BCUT2D eigenvalue weighted by Crippen LogP contribution is 2.31. The average Bonchev–Trinajstić information content (AvgIpc) is 3.18. The minimum atomic E-state index is -2.65. The van der Waals surface area contributed by atoms with Crippen molar-refractivity contribution in [2.45, 2.75) is 25.3 Å². The summed E-state index contributed by atoms with van der Waals surface area (Å²) < 4.78 is 24.9. The topological polar surface area (TPSA) is 83.7 Å². The van der Waals surface area contributed by atoms with Gasteiger partial charge >= 0.3 is 5.69 Å². The first kappa shape index (κ1) is 14.2. The molecule has 1 aliphatic rings. The Morgan fingerprint density at radius 1 is 1.50 bits per heavy atom. The number of nitro groups is 1. The number of carbonyl (C=O) groups is 1. The summed E-state index contributed by atoms with van der Waals surface area (Å²) in [6.07, 6.45) is -1.32. The van der Waals surface area contributed by atoms with Gasteiger partial charge in [0, 0.05) is 17.7 Å². The lowest BCUT2D eigenvalue weighted by molar-refractivity contribution is -0.385. The van der Waals surface area contributed by atoms with E-state index in [1.54, 1.807) is 0 Å². The number of nitro benzene ring substituents is 1. The number of nitrogens with zero attached hydrogens (tertiary/aromatic N) is 2. The predicted octanol–water partition coefficient (Wildman–Crippen LogP) is 2.17. The Morgan fingerprint density at radius 3 is 2.60 bits per heavy atom. The first-order valence-corrected chi connectivity index (χ1v) is 5.96. The van der Waals surface area contributed by atoms with E-state index in [9.17, 15) is 28.8 Å². The molecule has 0 radical (unpaired) electrons. The lowest BCUT2D eigenvalue weighted by atomic mass is 10.1. The second-order valence-electron chi connectivity index (χ2n) is 4.54. The number of amides is 1. The van der Waals surface area contributed by atoms with Gasteiger partial charge in [0.1, 0.15) is 0 Å². The summed E-state index contributed by atoms with van der Waals surface area (Å²) in [6.45, 7) is -0.679. The van der Waals surface area contributed by atoms with E-state index in [0.717, 1.165) is 23.1 Å². The Morgan fingerprint density at radius 2 is 2.15 bits per heavy atom. The molecule has 1 aromatic rings. The first-order chi connectivity index (χ1) is 9.40. The van der Waals surface area contributed by atoms with Gasteiger partial charge in [-0.1, -0.05) is 0 Å². The zero-order valence-electron chi connectivity index (χ0n) is 10.3. The number of carbonyl (C=O) groups excluding carboxylic acids is 1. The van der Waals surface area contributed by atoms with Crippen molar-refractivity contribution in [1.82, 2.24) is 4.90 Å². The van der Waals surface area contributed by atoms with Crippen molar-refractivity contribution < 1.29 is 23.6 Å². The fourth-order valence-electron chi connectivity index (χ4n) is 1.91. The van der Waals surface area contributed by atoms with Gasteiger partial charge in [0.25, 0.3) is 12.3 Å². The van der Waals surface area contributed by atoms with Gasteiger partial charge < -0.3 is 10.0 Å². The fraction of sp³-hybridized carbons (Fsp3) is 0.417. The Labute approximate surface area is 112 Å². The van der Waals surface area contributed by atoms with Crippen LogP contribution in [0.5, 0.6) is 5.75 Å². The molecular weight excluding hydrogens is 274 g/mol. The van der Waals surface area contributed by atoms with E-state index in [1.165, 1.54) is 0 Å². The zero-order valence-corrected chi connectivity index (χ0v) is 10.3. The lowest BCUT2D eigenvalue weighted by Gasteiger charge is -2.22. The van der Waals surface area contributed by atoms with Gasteiger partial charge in [-0.15, -0.1) is 0 Å². The summed E-state index contributed by atoms with van der Waals surface area (Å²) in [5.74, 6) is -1.31. The van der Waals surface area contributed by atoms with Crippen LogP contribution in [-0.2, 0) is 0 Å². The van der Waals surface area contributed by atoms with Gasteiger partial charge in [0.15, 0.2) is 5.75 Å². The maximum atomic E-state index is 12.5. The molecule has 1 aliphatic carbocycles. The minimum absolute atomic E-state index is 0.0411. The van der Waals surface area contributed by atoms with Crippen molar-refractivity contribution >= 4 is 11.6 Å². The largest absolute Gasteiger partial charge is 0.502 e. The third-order valence-electron chi connectivity index (χ3n) is 3.00. The van der Waals surface area contributed by atoms with Crippen LogP contribution in [-0.4, -0.2) is 39.8 Å². The normalized spacial score (nSPS) is 14.3. The number of phenols is 1. The van der Waals surface area contributed by atoms with Crippen LogP contribution < -0.4 is 0 Å². The highest BCUT2D eigenvalue weighted by atomic mass is 19.3. The number of rotatable bonds is 5. The second kappa shape index (κ2) is 5.40. The average molecular weight is 286 g/mol. The maximum absolute atomic E-state index is 12.5. The summed E-state index contributed by atoms with van der Waals surface area (Å²) in [5, 5.41) is 20.0. The van der Waals surface area contributed by atoms with E-state index < -0.39 is 35.2 Å². The van der Waals surface area contributed by atoms with Crippen molar-refractivity contribution in [1.29, 1.82) is 0 Å². The molecule has 0 aliphatic heterocycles. The van der Waals surface area contributed by atoms with Crippen LogP contribution in [0.1, 0.15) is 23.2 Å². The van der Waals surface area contributed by atoms with Crippen LogP contribution in [0, 0.1) is 10.1 Å². The molecule has 1 aromatic carbocycles. The lowest BCUT2D eigenvalue weighted by Crippen LogP contribution is -2.36. The first-order valence-electron chi connectivity index (χ1n) is 5.96. The molecule has 0 heterocycles. The highest BCUT2D eigenvalue weighted by molar-refractivity contribution is 5.95. The molecule has 1 fully saturated rings. The molecule has 0 unspecified atom stereocenters. The van der Waals surface area contributed by atoms with Gasteiger partial charge in [-0.2, -0.15) is 0 Å². The standard InChI is InChI=1S/C12H12F2N2O4/c13-11(14)6-15(8-2-3-8)12(18)7-1-4-9(16(19)20)10(17)5-7/h1,4-5,8,11,17H,2-3,6H2. The summed E-state index contributed by atoms with van der Waals surface area (Å²) in [6, 6.07) is 2.85. The maximum Gasteiger partial charge on any atom is 0.310 e. The third-order valence-corrected chi connectivity index (χ3v) is 3.00. The SMILES string of the molecule is O=C(c1ccc([N+](=O)[O-])c(O)c1)N(CC(F)F)C1CC1. The molecule has 1 amide bonds. The van der Waals surface area contributed by atoms with E-state index in [2.05, 4.69) is 0 Å². The van der Waals surface area contributed by atoms with Gasteiger partial charge in [-0.3, -0.25) is 14.9 Å². The Bertz CT molecular complexity index is 546. The Hall–Kier alpha value is -2.25. The monoisotopic (exact) mass is 286 g/mol. The minimum Gasteiger partial charge on any atom is -0.502 e. The molecule has 0 saturated heterocycles. The smallest absolute Gasteiger partial charge is 0.310 e. The van der Waals surface area contributed by atoms with E-state index in [-0.39, 0.29) is 11.6 Å². The van der Waals surface area contributed by atoms with Crippen LogP contribution in [0.2, 0.25) is 0 Å². The molecule has 108 valence electrons. The molecule has 0 spiro atoms. The molecule has 8 heteroatoms. The molecule has 0 bridgehead atoms. The molecule has 0 aromatic heterocycles. The van der Waals surface area contributed by atoms with Crippen LogP contribution in [0.25, 0.3) is 0 Å². The molecule has 1 N–H and O–H groups in total. The van der Waals surface area contributed by atoms with Gasteiger partial charge in [0.2, 0.25) is 0 Å². The van der Waals surface area contributed by atoms with Crippen LogP contribution >= 0.6 is 0 Å². The highest BCUT2D eigenvalue weighted by Gasteiger charge is 2.35. The zero-order chi connectivity index (χ0) is 14.9. The predicted molar refractivity (Wildman–Crippen MR) is 64.8 cm³/mol. The van der Waals surface area contributed by atoms with Crippen molar-refractivity contribution in [3.8, 4) is 5.75 Å². The van der Waals surface area contributed by atoms with E-state index in [1.807, 2.05) is 0 Å². The third kappa shape index (κ3) is 3.01. The Balaban J connectivity index is 2.23. The van der Waals surface area contributed by atoms with E-state index in [4.69, 9.17) is 0 Å². The van der Waals surface area contributed by atoms with Gasteiger partial charge in [0.05, 0.1) is 11.5 Å². The molecule has 20 heavy (non-hydrogen) atoms. The summed E-state index contributed by atoms with van der Waals surface area (Å²) >= 11 is 0. The van der Waals surface area contributed by atoms with Crippen LogP contribution in [0.4, 0.5) is 14.5 Å². The van der Waals surface area contributed by atoms with Crippen LogP contribution in [0.3, 0.4) is 0 Å². The molecule has 1 saturated carbocycles. The van der Waals surface area contributed by atoms with Gasteiger partial charge in [-0.05, 0) is 25.0 Å². The number of hydrogen-bond donors (Lipinski definition) is 1. The Kier molecular flexibility index (Phi) is 3.82. The summed E-state index contributed by atoms with van der Waals surface area (Å²) in [7, 11) is 0. The molecular formula is C12H12F2N2O4. The van der Waals surface area contributed by atoms with E-state index >= 15 is 0 Å². The number of phenolic OH excluding ortho intramolecular Hbond substituents is 1. The van der Waals surface area contributed by atoms with Crippen molar-refractivity contribution in [2.75, 3.05) is 6.54 Å². The summed E-state index contributed by atoms with van der Waals surface area (Å²) in [5.41, 5.74) is -0.575. The number of benzene rings is 1. The van der Waals surface area contributed by atoms with Crippen molar-refractivity contribution in [3.63, 3.8) is 0 Å². The number of aromatic hydroxyl groups is 1. The summed E-state index contributed by atoms with van der Waals surface area (Å²) in [4.78, 5) is 22.9. The van der Waals surface area contributed by atoms with E-state index in [0.29, 0.717) is 12.8 Å². The fourth-order valence-corrected chi connectivity index (χ4v) is 1.91. The number of halogens is 2. The number of alkyl halides is 2. The quantitative estimate of drug-likeness (QED) is 0.664. The molecule has 6 nitrogen and oxygen atoms in total. The van der Waals surface area contributed by atoms with Crippen molar-refractivity contribution in [2.24, 2.45) is 0 Å². The second-order valence-corrected chi connectivity index (χ2v) is 4.54. The van der Waals surface area contributed by atoms with Crippen LogP contribution in [0.15, 0.2) is 18.2 Å². The molecule has 2 rings (SSSR count). The molecule has 0 atom stereocenters. The van der Waals surface area contributed by atoms with Crippen molar-refractivity contribution in [3.05, 3.63) is 33.9 Å². The van der Waals surface area contributed by atoms with Gasteiger partial charge in [-0.25, -0.2) is 8.78 Å².